The van der Waals surface area contributed by atoms with Crippen molar-refractivity contribution in [2.24, 2.45) is 0 Å². The van der Waals surface area contributed by atoms with Crippen LogP contribution in [0.5, 0.6) is 0 Å². The average molecular weight is 479 g/mol. The number of rotatable bonds is 11. The minimum absolute atomic E-state index is 0.0310. The van der Waals surface area contributed by atoms with E-state index in [1.54, 1.807) is 24.3 Å². The summed E-state index contributed by atoms with van der Waals surface area (Å²) >= 11 is 5.87. The van der Waals surface area contributed by atoms with Gasteiger partial charge in [0.05, 0.1) is 12.1 Å². The summed E-state index contributed by atoms with van der Waals surface area (Å²) in [4.78, 5) is 34.5. The number of hydroxylamine groups is 1. The largest absolute Gasteiger partial charge is 0.480 e. The van der Waals surface area contributed by atoms with Crippen LogP contribution >= 0.6 is 11.6 Å². The third kappa shape index (κ3) is 11.3. The van der Waals surface area contributed by atoms with Crippen LogP contribution in [0, 0.1) is 6.92 Å². The van der Waals surface area contributed by atoms with Crippen LogP contribution in [0.2, 0.25) is 5.02 Å². The number of carboxylic acid groups (broad SMARTS) is 1. The lowest BCUT2D eigenvalue weighted by Crippen LogP contribution is -2.43. The molecule has 0 aliphatic heterocycles. The van der Waals surface area contributed by atoms with Gasteiger partial charge >= 0.3 is 5.97 Å². The van der Waals surface area contributed by atoms with Crippen molar-refractivity contribution in [2.45, 2.75) is 72.1 Å². The highest BCUT2D eigenvalue weighted by molar-refractivity contribution is 6.30. The molecular weight excluding hydrogens is 444 g/mol. The van der Waals surface area contributed by atoms with Crippen molar-refractivity contribution < 1.29 is 24.6 Å². The predicted octanol–water partition coefficient (Wildman–Crippen LogP) is 5.17. The minimum Gasteiger partial charge on any atom is -0.480 e. The third-order valence-electron chi connectivity index (χ3n) is 4.37. The van der Waals surface area contributed by atoms with Crippen LogP contribution in [0.4, 0.5) is 0 Å². The second kappa shape index (κ2) is 15.4. The van der Waals surface area contributed by atoms with Crippen LogP contribution in [0.1, 0.15) is 63.3 Å². The molecule has 0 spiro atoms. The number of aryl methyl sites for hydroxylation is 1. The molecule has 2 unspecified atom stereocenters. The Balaban J connectivity index is 0.00000172. The van der Waals surface area contributed by atoms with Crippen LogP contribution in [-0.2, 0) is 25.9 Å². The summed E-state index contributed by atoms with van der Waals surface area (Å²) in [5.74, 6) is -1.54. The fraction of sp³-hybridized carbons (Fsp3) is 0.440. The predicted molar refractivity (Wildman–Crippen MR) is 130 cm³/mol. The number of hydrogen-bond acceptors (Lipinski definition) is 5. The number of halogens is 1. The fourth-order valence-electron chi connectivity index (χ4n) is 2.87. The van der Waals surface area contributed by atoms with Gasteiger partial charge in [-0.2, -0.15) is 5.48 Å². The molecule has 33 heavy (non-hydrogen) atoms. The average Bonchev–Trinajstić information content (AvgIpc) is 2.75. The van der Waals surface area contributed by atoms with Gasteiger partial charge in [0.2, 0.25) is 5.91 Å². The van der Waals surface area contributed by atoms with Crippen LogP contribution in [-0.4, -0.2) is 29.1 Å². The lowest BCUT2D eigenvalue weighted by atomic mass is 9.98. The Kier molecular flexibility index (Phi) is 13.3. The Labute approximate surface area is 201 Å². The first kappa shape index (κ1) is 28.6. The molecule has 0 aromatic heterocycles. The Morgan fingerprint density at radius 1 is 1.06 bits per heavy atom. The van der Waals surface area contributed by atoms with E-state index in [0.29, 0.717) is 5.02 Å². The van der Waals surface area contributed by atoms with Crippen molar-refractivity contribution in [1.82, 2.24) is 10.8 Å². The molecule has 0 fully saturated rings. The van der Waals surface area contributed by atoms with Crippen molar-refractivity contribution >= 4 is 23.5 Å². The van der Waals surface area contributed by atoms with Gasteiger partial charge < -0.3 is 10.4 Å². The normalized spacial score (nSPS) is 12.5. The number of aliphatic carboxylic acids is 1. The summed E-state index contributed by atoms with van der Waals surface area (Å²) in [6.45, 7) is 9.79. The second-order valence-corrected chi connectivity index (χ2v) is 8.39. The SMILES string of the molecule is CCC.Cc1ccccc1C(CC(=O)NC(Cc1ccc(Cl)cc1)C(=O)O)NOOC(C)C. The van der Waals surface area contributed by atoms with Gasteiger partial charge in [-0.3, -0.25) is 4.79 Å². The zero-order valence-corrected chi connectivity index (χ0v) is 20.7. The number of carbonyl (C=O) groups is 2. The molecule has 8 heteroatoms. The molecule has 0 heterocycles. The van der Waals surface area contributed by atoms with Gasteiger partial charge in [0, 0.05) is 17.9 Å². The highest BCUT2D eigenvalue weighted by Crippen LogP contribution is 2.21. The monoisotopic (exact) mass is 478 g/mol. The quantitative estimate of drug-likeness (QED) is 0.304. The topological polar surface area (TPSA) is 96.9 Å². The lowest BCUT2D eigenvalue weighted by Gasteiger charge is -2.21. The van der Waals surface area contributed by atoms with E-state index in [1.807, 2.05) is 45.0 Å². The summed E-state index contributed by atoms with van der Waals surface area (Å²) < 4.78 is 0. The van der Waals surface area contributed by atoms with E-state index in [4.69, 9.17) is 21.5 Å². The first-order valence-corrected chi connectivity index (χ1v) is 11.5. The molecule has 0 radical (unpaired) electrons. The first-order chi connectivity index (χ1) is 15.7. The molecule has 2 aromatic carbocycles. The highest BCUT2D eigenvalue weighted by Gasteiger charge is 2.24. The Bertz CT molecular complexity index is 858. The van der Waals surface area contributed by atoms with Gasteiger partial charge in [0.15, 0.2) is 0 Å². The van der Waals surface area contributed by atoms with Crippen LogP contribution in [0.15, 0.2) is 48.5 Å². The van der Waals surface area contributed by atoms with Crippen LogP contribution < -0.4 is 10.8 Å². The number of nitrogens with one attached hydrogen (secondary N) is 2. The molecule has 0 aliphatic rings. The zero-order valence-electron chi connectivity index (χ0n) is 19.9. The van der Waals surface area contributed by atoms with E-state index >= 15 is 0 Å². The first-order valence-electron chi connectivity index (χ1n) is 11.1. The molecule has 0 aliphatic carbocycles. The smallest absolute Gasteiger partial charge is 0.326 e. The molecule has 0 saturated heterocycles. The molecule has 7 nitrogen and oxygen atoms in total. The summed E-state index contributed by atoms with van der Waals surface area (Å²) in [7, 11) is 0. The van der Waals surface area contributed by atoms with E-state index in [1.165, 1.54) is 6.42 Å². The van der Waals surface area contributed by atoms with E-state index in [0.717, 1.165) is 16.7 Å². The molecule has 2 rings (SSSR count). The van der Waals surface area contributed by atoms with E-state index in [9.17, 15) is 14.7 Å². The maximum absolute atomic E-state index is 12.7. The lowest BCUT2D eigenvalue weighted by molar-refractivity contribution is -0.362. The molecule has 1 amide bonds. The van der Waals surface area contributed by atoms with Crippen molar-refractivity contribution in [2.75, 3.05) is 0 Å². The third-order valence-corrected chi connectivity index (χ3v) is 4.62. The maximum atomic E-state index is 12.7. The van der Waals surface area contributed by atoms with Crippen molar-refractivity contribution in [3.8, 4) is 0 Å². The Hall–Kier alpha value is -2.45. The highest BCUT2D eigenvalue weighted by atomic mass is 35.5. The number of amides is 1. The van der Waals surface area contributed by atoms with Gasteiger partial charge in [-0.15, -0.1) is 4.99 Å². The molecule has 2 aromatic rings. The van der Waals surface area contributed by atoms with Crippen LogP contribution in [0.3, 0.4) is 0 Å². The molecule has 182 valence electrons. The Morgan fingerprint density at radius 3 is 2.21 bits per heavy atom. The molecule has 0 bridgehead atoms. The zero-order chi connectivity index (χ0) is 24.8. The maximum Gasteiger partial charge on any atom is 0.326 e. The summed E-state index contributed by atoms with van der Waals surface area (Å²) in [6, 6.07) is 12.8. The number of carboxylic acids is 1. The van der Waals surface area contributed by atoms with Gasteiger partial charge in [-0.25, -0.2) is 9.68 Å². The molecule has 2 atom stereocenters. The fourth-order valence-corrected chi connectivity index (χ4v) is 3.00. The van der Waals surface area contributed by atoms with Crippen molar-refractivity contribution in [1.29, 1.82) is 0 Å². The van der Waals surface area contributed by atoms with E-state index in [-0.39, 0.29) is 18.9 Å². The standard InChI is InChI=1S/C22H27ClN2O5.C3H8/c1-14(2)29-30-25-19(18-7-5-4-6-15(18)3)13-21(26)24-20(22(27)28)12-16-8-10-17(23)11-9-16;1-3-2/h4-11,14,19-20,25H,12-13H2,1-3H3,(H,24,26)(H,27,28);3H2,1-2H3. The Morgan fingerprint density at radius 2 is 1.67 bits per heavy atom. The second-order valence-electron chi connectivity index (χ2n) is 7.96. The van der Waals surface area contributed by atoms with Crippen molar-refractivity contribution in [3.63, 3.8) is 0 Å². The summed E-state index contributed by atoms with van der Waals surface area (Å²) in [5, 5.41) is 12.7. The summed E-state index contributed by atoms with van der Waals surface area (Å²) in [6.07, 6.45) is 1.20. The van der Waals surface area contributed by atoms with Gasteiger partial charge in [0.1, 0.15) is 6.04 Å². The molecular formula is C25H35ClN2O5. The molecule has 0 saturated carbocycles. The van der Waals surface area contributed by atoms with Gasteiger partial charge in [-0.1, -0.05) is 68.3 Å². The molecule has 3 N–H and O–H groups in total. The van der Waals surface area contributed by atoms with Gasteiger partial charge in [0.25, 0.3) is 0 Å². The van der Waals surface area contributed by atoms with Gasteiger partial charge in [-0.05, 0) is 49.6 Å². The number of carbonyl (C=O) groups excluding carboxylic acids is 1. The van der Waals surface area contributed by atoms with Crippen molar-refractivity contribution in [3.05, 3.63) is 70.2 Å². The van der Waals surface area contributed by atoms with Crippen LogP contribution in [0.25, 0.3) is 0 Å². The number of hydrogen-bond donors (Lipinski definition) is 3. The van der Waals surface area contributed by atoms with E-state index in [2.05, 4.69) is 24.6 Å². The minimum atomic E-state index is -1.11. The summed E-state index contributed by atoms with van der Waals surface area (Å²) in [5.41, 5.74) is 5.33. The van der Waals surface area contributed by atoms with E-state index < -0.39 is 24.0 Å². The number of benzene rings is 2.